The van der Waals surface area contributed by atoms with E-state index in [1.165, 1.54) is 49.7 Å². The molecule has 1 fully saturated rings. The molecule has 0 atom stereocenters. The van der Waals surface area contributed by atoms with Crippen LogP contribution in [-0.4, -0.2) is 0 Å². The molecule has 2 aromatic carbocycles. The quantitative estimate of drug-likeness (QED) is 0.505. The van der Waals surface area contributed by atoms with Crippen molar-refractivity contribution < 1.29 is 0 Å². The largest absolute Gasteiger partial charge is 0.0843 e. The maximum absolute atomic E-state index is 5.89. The van der Waals surface area contributed by atoms with Crippen LogP contribution in [0.15, 0.2) is 60.7 Å². The summed E-state index contributed by atoms with van der Waals surface area (Å²) >= 11 is 5.89. The smallest absolute Gasteiger partial charge is 0.0406 e. The minimum absolute atomic E-state index is 0.671. The third kappa shape index (κ3) is 5.52. The lowest BCUT2D eigenvalue weighted by Gasteiger charge is -2.27. The molecule has 1 saturated carbocycles. The van der Waals surface area contributed by atoms with E-state index in [0.29, 0.717) is 5.92 Å². The summed E-state index contributed by atoms with van der Waals surface area (Å²) in [4.78, 5) is 0. The molecule has 0 spiro atoms. The Morgan fingerprint density at radius 3 is 2.31 bits per heavy atom. The van der Waals surface area contributed by atoms with Crippen LogP contribution in [0.3, 0.4) is 0 Å². The van der Waals surface area contributed by atoms with Gasteiger partial charge in [-0.05, 0) is 85.4 Å². The average molecular weight is 363 g/mol. The second-order valence-corrected chi connectivity index (χ2v) is 7.68. The van der Waals surface area contributed by atoms with Crippen molar-refractivity contribution in [1.29, 1.82) is 0 Å². The molecular formula is C25H27Cl. The van der Waals surface area contributed by atoms with Gasteiger partial charge in [-0.2, -0.15) is 0 Å². The highest BCUT2D eigenvalue weighted by Crippen LogP contribution is 2.36. The van der Waals surface area contributed by atoms with Crippen LogP contribution in [0, 0.1) is 17.8 Å². The molecule has 0 bridgehead atoms. The first-order chi connectivity index (χ1) is 12.7. The van der Waals surface area contributed by atoms with Gasteiger partial charge in [0.05, 0.1) is 0 Å². The zero-order valence-corrected chi connectivity index (χ0v) is 16.3. The lowest BCUT2D eigenvalue weighted by atomic mass is 9.78. The van der Waals surface area contributed by atoms with E-state index in [1.807, 2.05) is 30.3 Å². The van der Waals surface area contributed by atoms with Gasteiger partial charge in [-0.3, -0.25) is 0 Å². The highest BCUT2D eigenvalue weighted by Gasteiger charge is 2.20. The molecule has 0 aliphatic heterocycles. The molecule has 0 amide bonds. The Bertz CT molecular complexity index is 764. The van der Waals surface area contributed by atoms with Crippen LogP contribution in [-0.2, 0) is 6.42 Å². The molecule has 0 nitrogen and oxygen atoms in total. The standard InChI is InChI=1S/C25H27Cl/c1-2-5-20-8-14-23(15-9-20)24-16-10-21(11-17-24)6-3-4-7-22-12-18-25(26)19-13-22/h3,6,8-9,12-15,18-19,21,24H,2,5,10-11,16-17H2,1H3. The molecule has 0 N–H and O–H groups in total. The lowest BCUT2D eigenvalue weighted by molar-refractivity contribution is 0.376. The molecule has 2 aromatic rings. The van der Waals surface area contributed by atoms with Crippen molar-refractivity contribution >= 4 is 11.6 Å². The first-order valence-electron chi connectivity index (χ1n) is 9.77. The summed E-state index contributed by atoms with van der Waals surface area (Å²) in [5.74, 6) is 7.73. The maximum Gasteiger partial charge on any atom is 0.0406 e. The maximum atomic E-state index is 5.89. The summed E-state index contributed by atoms with van der Waals surface area (Å²) in [6.07, 6.45) is 11.8. The number of hydrogen-bond acceptors (Lipinski definition) is 0. The molecule has 0 unspecified atom stereocenters. The molecule has 1 aliphatic carbocycles. The number of benzene rings is 2. The van der Waals surface area contributed by atoms with Crippen LogP contribution >= 0.6 is 11.6 Å². The normalized spacial score (nSPS) is 19.9. The minimum Gasteiger partial charge on any atom is -0.0843 e. The third-order valence-electron chi connectivity index (χ3n) is 5.27. The van der Waals surface area contributed by atoms with Gasteiger partial charge in [-0.25, -0.2) is 0 Å². The summed E-state index contributed by atoms with van der Waals surface area (Å²) in [6.45, 7) is 2.24. The molecule has 26 heavy (non-hydrogen) atoms. The van der Waals surface area contributed by atoms with Crippen molar-refractivity contribution in [1.82, 2.24) is 0 Å². The molecule has 0 heterocycles. The van der Waals surface area contributed by atoms with Gasteiger partial charge in [-0.15, -0.1) is 0 Å². The van der Waals surface area contributed by atoms with Crippen molar-refractivity contribution in [2.45, 2.75) is 51.4 Å². The molecule has 1 heteroatoms. The molecular weight excluding hydrogens is 336 g/mol. The van der Waals surface area contributed by atoms with Crippen molar-refractivity contribution in [3.8, 4) is 11.8 Å². The monoisotopic (exact) mass is 362 g/mol. The second-order valence-electron chi connectivity index (χ2n) is 7.24. The van der Waals surface area contributed by atoms with E-state index >= 15 is 0 Å². The lowest BCUT2D eigenvalue weighted by Crippen LogP contribution is -2.11. The summed E-state index contributed by atoms with van der Waals surface area (Å²) in [5, 5.41) is 0.753. The van der Waals surface area contributed by atoms with Crippen molar-refractivity contribution in [2.75, 3.05) is 0 Å². The van der Waals surface area contributed by atoms with Crippen molar-refractivity contribution in [3.63, 3.8) is 0 Å². The van der Waals surface area contributed by atoms with Gasteiger partial charge in [0, 0.05) is 10.6 Å². The topological polar surface area (TPSA) is 0 Å². The predicted molar refractivity (Wildman–Crippen MR) is 113 cm³/mol. The fourth-order valence-corrected chi connectivity index (χ4v) is 3.86. The summed E-state index contributed by atoms with van der Waals surface area (Å²) in [6, 6.07) is 17.0. The highest BCUT2D eigenvalue weighted by molar-refractivity contribution is 6.30. The van der Waals surface area contributed by atoms with E-state index in [9.17, 15) is 0 Å². The Labute approximate surface area is 163 Å². The molecule has 3 rings (SSSR count). The molecule has 0 radical (unpaired) electrons. The van der Waals surface area contributed by atoms with Crippen LogP contribution in [0.5, 0.6) is 0 Å². The fourth-order valence-electron chi connectivity index (χ4n) is 3.73. The van der Waals surface area contributed by atoms with Gasteiger partial charge in [0.15, 0.2) is 0 Å². The van der Waals surface area contributed by atoms with Crippen LogP contribution in [0.25, 0.3) is 0 Å². The Kier molecular flexibility index (Phi) is 6.98. The van der Waals surface area contributed by atoms with E-state index in [2.05, 4.69) is 49.1 Å². The fraction of sp³-hybridized carbons (Fsp3) is 0.360. The van der Waals surface area contributed by atoms with E-state index < -0.39 is 0 Å². The van der Waals surface area contributed by atoms with E-state index in [1.54, 1.807) is 0 Å². The van der Waals surface area contributed by atoms with E-state index in [4.69, 9.17) is 11.6 Å². The van der Waals surface area contributed by atoms with Crippen LogP contribution in [0.2, 0.25) is 5.02 Å². The van der Waals surface area contributed by atoms with Crippen molar-refractivity contribution in [3.05, 3.63) is 82.4 Å². The molecule has 134 valence electrons. The number of allylic oxidation sites excluding steroid dienone is 2. The Morgan fingerprint density at radius 2 is 1.65 bits per heavy atom. The van der Waals surface area contributed by atoms with Crippen molar-refractivity contribution in [2.24, 2.45) is 5.92 Å². The number of rotatable bonds is 4. The average Bonchev–Trinajstić information content (AvgIpc) is 2.68. The number of aryl methyl sites for hydroxylation is 1. The SMILES string of the molecule is CCCc1ccc(C2CCC(C=CC#Cc3ccc(Cl)cc3)CC2)cc1. The van der Waals surface area contributed by atoms with Gasteiger partial charge in [0.25, 0.3) is 0 Å². The molecule has 0 saturated heterocycles. The summed E-state index contributed by atoms with van der Waals surface area (Å²) in [5.41, 5.74) is 4.00. The van der Waals surface area contributed by atoms with Crippen LogP contribution in [0.4, 0.5) is 0 Å². The summed E-state index contributed by atoms with van der Waals surface area (Å²) < 4.78 is 0. The molecule has 1 aliphatic rings. The van der Waals surface area contributed by atoms with Gasteiger partial charge < -0.3 is 0 Å². The highest BCUT2D eigenvalue weighted by atomic mass is 35.5. The Hall–Kier alpha value is -1.97. The van der Waals surface area contributed by atoms with Crippen LogP contribution < -0.4 is 0 Å². The van der Waals surface area contributed by atoms with Gasteiger partial charge >= 0.3 is 0 Å². The Morgan fingerprint density at radius 1 is 0.962 bits per heavy atom. The Balaban J connectivity index is 1.48. The second kappa shape index (κ2) is 9.65. The number of halogens is 1. The predicted octanol–water partition coefficient (Wildman–Crippen LogP) is 7.17. The third-order valence-corrected chi connectivity index (χ3v) is 5.53. The van der Waals surface area contributed by atoms with Gasteiger partial charge in [0.1, 0.15) is 0 Å². The first-order valence-corrected chi connectivity index (χ1v) is 10.1. The van der Waals surface area contributed by atoms with E-state index in [0.717, 1.165) is 16.5 Å². The zero-order chi connectivity index (χ0) is 18.2. The zero-order valence-electron chi connectivity index (χ0n) is 15.5. The minimum atomic E-state index is 0.671. The summed E-state index contributed by atoms with van der Waals surface area (Å²) in [7, 11) is 0. The number of hydrogen-bond donors (Lipinski definition) is 0. The van der Waals surface area contributed by atoms with E-state index in [-0.39, 0.29) is 0 Å². The van der Waals surface area contributed by atoms with Gasteiger partial charge in [0.2, 0.25) is 0 Å². The van der Waals surface area contributed by atoms with Crippen LogP contribution in [0.1, 0.15) is 61.6 Å². The first kappa shape index (κ1) is 18.8. The van der Waals surface area contributed by atoms with Gasteiger partial charge in [-0.1, -0.05) is 67.1 Å². The molecule has 0 aromatic heterocycles.